The zero-order valence-corrected chi connectivity index (χ0v) is 18.0. The van der Waals surface area contributed by atoms with Crippen molar-refractivity contribution in [2.24, 2.45) is 5.92 Å². The monoisotopic (exact) mass is 411 g/mol. The second-order valence-corrected chi connectivity index (χ2v) is 7.99. The molecule has 1 aliphatic heterocycles. The Morgan fingerprint density at radius 2 is 2.13 bits per heavy atom. The van der Waals surface area contributed by atoms with E-state index in [-0.39, 0.29) is 6.04 Å². The largest absolute Gasteiger partial charge is 0.314 e. The Balaban J connectivity index is 2.05. The van der Waals surface area contributed by atoms with Gasteiger partial charge >= 0.3 is 0 Å². The zero-order chi connectivity index (χ0) is 22.0. The third kappa shape index (κ3) is 3.84. The minimum atomic E-state index is 0.0364. The van der Waals surface area contributed by atoms with Crippen molar-refractivity contribution in [2.45, 2.75) is 19.4 Å². The van der Waals surface area contributed by atoms with Crippen molar-refractivity contribution in [3.8, 4) is 23.6 Å². The highest BCUT2D eigenvalue weighted by atomic mass is 16.1. The molecule has 0 spiro atoms. The van der Waals surface area contributed by atoms with Crippen LogP contribution in [0.4, 0.5) is 0 Å². The van der Waals surface area contributed by atoms with Crippen molar-refractivity contribution < 1.29 is 4.79 Å². The summed E-state index contributed by atoms with van der Waals surface area (Å²) in [4.78, 5) is 19.1. The average molecular weight is 412 g/mol. The summed E-state index contributed by atoms with van der Waals surface area (Å²) in [5.41, 5.74) is 4.21. The Morgan fingerprint density at radius 3 is 2.74 bits per heavy atom. The highest BCUT2D eigenvalue weighted by Crippen LogP contribution is 2.32. The van der Waals surface area contributed by atoms with Crippen LogP contribution in [0.1, 0.15) is 46.7 Å². The lowest BCUT2D eigenvalue weighted by atomic mass is 10.0. The van der Waals surface area contributed by atoms with E-state index in [0.29, 0.717) is 17.0 Å². The minimum Gasteiger partial charge on any atom is -0.314 e. The average Bonchev–Trinajstić information content (AvgIpc) is 3.10. The summed E-state index contributed by atoms with van der Waals surface area (Å²) in [6.45, 7) is 3.89. The van der Waals surface area contributed by atoms with Gasteiger partial charge in [0, 0.05) is 30.1 Å². The lowest BCUT2D eigenvalue weighted by Gasteiger charge is -2.24. The molecule has 1 saturated heterocycles. The number of aromatic nitrogens is 2. The van der Waals surface area contributed by atoms with Gasteiger partial charge in [0.05, 0.1) is 34.4 Å². The summed E-state index contributed by atoms with van der Waals surface area (Å²) in [7, 11) is 4.04. The first kappa shape index (κ1) is 20.8. The van der Waals surface area contributed by atoms with Gasteiger partial charge in [0.1, 0.15) is 5.82 Å². The number of imidazole rings is 1. The van der Waals surface area contributed by atoms with Crippen LogP contribution in [0.3, 0.4) is 0 Å². The van der Waals surface area contributed by atoms with Crippen LogP contribution < -0.4 is 5.32 Å². The number of hydrogen-bond acceptors (Lipinski definition) is 5. The van der Waals surface area contributed by atoms with E-state index in [1.54, 1.807) is 12.1 Å². The molecule has 2 aromatic carbocycles. The lowest BCUT2D eigenvalue weighted by Crippen LogP contribution is -2.40. The number of carbonyl (C=O) groups excluding carboxylic acids is 1. The maximum atomic E-state index is 12.1. The van der Waals surface area contributed by atoms with Crippen LogP contribution in [-0.4, -0.2) is 47.9 Å². The molecule has 1 atom stereocenters. The number of rotatable bonds is 5. The maximum Gasteiger partial charge on any atom is 0.152 e. The molecule has 0 amide bonds. The topological polar surface area (TPSA) is 74.0 Å². The molecule has 2 heterocycles. The number of aldehydes is 1. The third-order valence-electron chi connectivity index (χ3n) is 5.73. The molecule has 0 bridgehead atoms. The van der Waals surface area contributed by atoms with E-state index >= 15 is 0 Å². The van der Waals surface area contributed by atoms with Gasteiger partial charge < -0.3 is 5.32 Å². The van der Waals surface area contributed by atoms with E-state index in [0.717, 1.165) is 53.9 Å². The van der Waals surface area contributed by atoms with Gasteiger partial charge in [-0.25, -0.2) is 4.98 Å². The molecular weight excluding hydrogens is 386 g/mol. The fraction of sp³-hybridized carbons (Fsp3) is 0.320. The van der Waals surface area contributed by atoms with Crippen molar-refractivity contribution in [1.82, 2.24) is 19.8 Å². The maximum absolute atomic E-state index is 12.1. The van der Waals surface area contributed by atoms with Crippen LogP contribution in [0.25, 0.3) is 16.7 Å². The van der Waals surface area contributed by atoms with Crippen LogP contribution in [0.15, 0.2) is 36.4 Å². The fourth-order valence-corrected chi connectivity index (χ4v) is 3.98. The first-order valence-corrected chi connectivity index (χ1v) is 10.5. The first-order valence-electron chi connectivity index (χ1n) is 10.5. The minimum absolute atomic E-state index is 0.0364. The molecule has 1 fully saturated rings. The highest BCUT2D eigenvalue weighted by molar-refractivity contribution is 5.87. The fourth-order valence-electron chi connectivity index (χ4n) is 3.98. The van der Waals surface area contributed by atoms with Gasteiger partial charge in [-0.05, 0) is 50.8 Å². The van der Waals surface area contributed by atoms with Crippen LogP contribution in [0.2, 0.25) is 0 Å². The normalized spacial score (nSPS) is 14.5. The smallest absolute Gasteiger partial charge is 0.152 e. The van der Waals surface area contributed by atoms with Crippen LogP contribution in [-0.2, 0) is 0 Å². The molecular formula is C25H25N5O. The number of hydrogen-bond donors (Lipinski definition) is 1. The number of benzene rings is 2. The first-order chi connectivity index (χ1) is 15.1. The van der Waals surface area contributed by atoms with E-state index in [1.165, 1.54) is 0 Å². The van der Waals surface area contributed by atoms with Gasteiger partial charge in [0.25, 0.3) is 0 Å². The van der Waals surface area contributed by atoms with Crippen LogP contribution >= 0.6 is 0 Å². The third-order valence-corrected chi connectivity index (χ3v) is 5.73. The molecule has 6 heteroatoms. The van der Waals surface area contributed by atoms with E-state index < -0.39 is 0 Å². The Labute approximate surface area is 182 Å². The summed E-state index contributed by atoms with van der Waals surface area (Å²) in [6.07, 6.45) is 1.71. The van der Waals surface area contributed by atoms with Gasteiger partial charge in [-0.3, -0.25) is 14.3 Å². The zero-order valence-electron chi connectivity index (χ0n) is 18.0. The van der Waals surface area contributed by atoms with Gasteiger partial charge in [0.2, 0.25) is 0 Å². The molecule has 31 heavy (non-hydrogen) atoms. The summed E-state index contributed by atoms with van der Waals surface area (Å²) in [5, 5.41) is 12.7. The van der Waals surface area contributed by atoms with Crippen molar-refractivity contribution in [1.29, 1.82) is 5.26 Å². The number of para-hydroxylation sites is 1. The van der Waals surface area contributed by atoms with Crippen molar-refractivity contribution in [2.75, 3.05) is 27.2 Å². The standard InChI is InChI=1S/C25H25N5O/c1-4-22(29(2)3)25-28-21-11-9-17(13-26)12-23(21)30(25)24-19(6-5-7-20(24)16-31)10-8-18-14-27-15-18/h5-7,9,11-12,16,18,22,27H,4,14-15H2,1-3H3. The van der Waals surface area contributed by atoms with Crippen LogP contribution in [0.5, 0.6) is 0 Å². The van der Waals surface area contributed by atoms with Gasteiger partial charge in [-0.15, -0.1) is 0 Å². The second kappa shape index (κ2) is 8.73. The summed E-state index contributed by atoms with van der Waals surface area (Å²) >= 11 is 0. The summed E-state index contributed by atoms with van der Waals surface area (Å²) in [6, 6.07) is 13.3. The van der Waals surface area contributed by atoms with Crippen molar-refractivity contribution >= 4 is 17.3 Å². The number of nitriles is 1. The molecule has 156 valence electrons. The molecule has 0 radical (unpaired) electrons. The Hall–Kier alpha value is -3.45. The molecule has 6 nitrogen and oxygen atoms in total. The number of nitrogens with zero attached hydrogens (tertiary/aromatic N) is 4. The molecule has 4 rings (SSSR count). The molecule has 0 aliphatic carbocycles. The molecule has 0 saturated carbocycles. The molecule has 3 aromatic rings. The molecule has 1 aliphatic rings. The van der Waals surface area contributed by atoms with Crippen molar-refractivity contribution in [3.05, 3.63) is 58.9 Å². The lowest BCUT2D eigenvalue weighted by molar-refractivity contribution is 0.112. The van der Waals surface area contributed by atoms with Gasteiger partial charge in [-0.1, -0.05) is 24.8 Å². The van der Waals surface area contributed by atoms with Gasteiger partial charge in [0.15, 0.2) is 6.29 Å². The number of fused-ring (bicyclic) bond motifs is 1. The van der Waals surface area contributed by atoms with E-state index in [2.05, 4.69) is 35.1 Å². The van der Waals surface area contributed by atoms with Crippen LogP contribution in [0, 0.1) is 29.1 Å². The number of carbonyl (C=O) groups is 1. The Morgan fingerprint density at radius 1 is 1.32 bits per heavy atom. The quantitative estimate of drug-likeness (QED) is 0.515. The molecule has 1 aromatic heterocycles. The summed E-state index contributed by atoms with van der Waals surface area (Å²) in [5.74, 6) is 7.78. The second-order valence-electron chi connectivity index (χ2n) is 7.99. The van der Waals surface area contributed by atoms with E-state index in [9.17, 15) is 10.1 Å². The van der Waals surface area contributed by atoms with E-state index in [4.69, 9.17) is 4.98 Å². The van der Waals surface area contributed by atoms with Crippen molar-refractivity contribution in [3.63, 3.8) is 0 Å². The highest BCUT2D eigenvalue weighted by Gasteiger charge is 2.25. The molecule has 1 unspecified atom stereocenters. The predicted molar refractivity (Wildman–Crippen MR) is 121 cm³/mol. The SMILES string of the molecule is CCC(c1nc2ccc(C#N)cc2n1-c1c(C#CC2CNC2)cccc1C=O)N(C)C. The summed E-state index contributed by atoms with van der Waals surface area (Å²) < 4.78 is 2.02. The molecule has 1 N–H and O–H groups in total. The predicted octanol–water partition coefficient (Wildman–Crippen LogP) is 3.29. The number of nitrogens with one attached hydrogen (secondary N) is 1. The van der Waals surface area contributed by atoms with E-state index in [1.807, 2.05) is 42.9 Å². The Bertz CT molecular complexity index is 1230. The van der Waals surface area contributed by atoms with Gasteiger partial charge in [-0.2, -0.15) is 5.26 Å². The Kier molecular flexibility index (Phi) is 5.86.